The number of rotatable bonds is 6. The first kappa shape index (κ1) is 20.6. The molecule has 0 bridgehead atoms. The van der Waals surface area contributed by atoms with E-state index in [-0.39, 0.29) is 29.6 Å². The van der Waals surface area contributed by atoms with Gasteiger partial charge in [0, 0.05) is 31.1 Å². The predicted molar refractivity (Wildman–Crippen MR) is 110 cm³/mol. The van der Waals surface area contributed by atoms with Crippen molar-refractivity contribution in [3.05, 3.63) is 59.8 Å². The summed E-state index contributed by atoms with van der Waals surface area (Å²) in [7, 11) is 0. The Morgan fingerprint density at radius 3 is 2.40 bits per heavy atom. The number of hydrogen-bond donors (Lipinski definition) is 1. The molecule has 1 atom stereocenters. The summed E-state index contributed by atoms with van der Waals surface area (Å²) in [4.78, 5) is 29.4. The van der Waals surface area contributed by atoms with E-state index in [4.69, 9.17) is 4.42 Å². The monoisotopic (exact) mass is 413 g/mol. The van der Waals surface area contributed by atoms with Gasteiger partial charge in [0.1, 0.15) is 11.6 Å². The lowest BCUT2D eigenvalue weighted by Gasteiger charge is -2.32. The summed E-state index contributed by atoms with van der Waals surface area (Å²) in [5.41, 5.74) is 0.478. The molecule has 6 nitrogen and oxygen atoms in total. The van der Waals surface area contributed by atoms with E-state index in [1.54, 1.807) is 11.2 Å². The highest BCUT2D eigenvalue weighted by atomic mass is 19.1. The van der Waals surface area contributed by atoms with Crippen LogP contribution in [0.1, 0.15) is 47.8 Å². The van der Waals surface area contributed by atoms with Gasteiger partial charge in [-0.25, -0.2) is 4.39 Å². The fraction of sp³-hybridized carbons (Fsp3) is 0.478. The smallest absolute Gasteiger partial charge is 0.253 e. The first-order valence-corrected chi connectivity index (χ1v) is 10.7. The first-order valence-electron chi connectivity index (χ1n) is 10.7. The van der Waals surface area contributed by atoms with Gasteiger partial charge in [-0.2, -0.15) is 0 Å². The largest absolute Gasteiger partial charge is 0.468 e. The van der Waals surface area contributed by atoms with Crippen LogP contribution < -0.4 is 5.32 Å². The van der Waals surface area contributed by atoms with Crippen LogP contribution in [0.3, 0.4) is 0 Å². The van der Waals surface area contributed by atoms with Crippen molar-refractivity contribution in [3.63, 3.8) is 0 Å². The van der Waals surface area contributed by atoms with Gasteiger partial charge in [-0.15, -0.1) is 0 Å². The highest BCUT2D eigenvalue weighted by Gasteiger charge is 2.30. The van der Waals surface area contributed by atoms with E-state index in [0.717, 1.165) is 18.8 Å². The molecule has 2 fully saturated rings. The normalized spacial score (nSPS) is 19.0. The van der Waals surface area contributed by atoms with E-state index in [2.05, 4.69) is 10.2 Å². The molecule has 0 radical (unpaired) electrons. The number of piperidine rings is 1. The number of carbonyl (C=O) groups excluding carboxylic acids is 2. The van der Waals surface area contributed by atoms with Crippen LogP contribution in [0.4, 0.5) is 4.39 Å². The molecule has 2 aromatic rings. The second kappa shape index (κ2) is 9.43. The fourth-order valence-electron chi connectivity index (χ4n) is 4.41. The van der Waals surface area contributed by atoms with Crippen molar-refractivity contribution in [3.8, 4) is 0 Å². The summed E-state index contributed by atoms with van der Waals surface area (Å²) < 4.78 is 18.7. The molecule has 1 unspecified atom stereocenters. The molecule has 1 N–H and O–H groups in total. The molecule has 1 aromatic carbocycles. The zero-order valence-corrected chi connectivity index (χ0v) is 17.1. The van der Waals surface area contributed by atoms with Gasteiger partial charge in [0.2, 0.25) is 5.91 Å². The van der Waals surface area contributed by atoms with Crippen molar-refractivity contribution < 1.29 is 18.4 Å². The van der Waals surface area contributed by atoms with Crippen LogP contribution in [0.5, 0.6) is 0 Å². The minimum Gasteiger partial charge on any atom is -0.468 e. The Morgan fingerprint density at radius 2 is 1.77 bits per heavy atom. The second-order valence-corrected chi connectivity index (χ2v) is 8.09. The molecule has 2 aliphatic heterocycles. The summed E-state index contributed by atoms with van der Waals surface area (Å²) >= 11 is 0. The molecule has 2 saturated heterocycles. The lowest BCUT2D eigenvalue weighted by molar-refractivity contribution is -0.126. The van der Waals surface area contributed by atoms with Gasteiger partial charge in [-0.05, 0) is 75.2 Å². The van der Waals surface area contributed by atoms with E-state index < -0.39 is 0 Å². The zero-order chi connectivity index (χ0) is 20.9. The number of carbonyl (C=O) groups is 2. The lowest BCUT2D eigenvalue weighted by Crippen LogP contribution is -2.44. The van der Waals surface area contributed by atoms with Crippen LogP contribution in [0, 0.1) is 11.7 Å². The van der Waals surface area contributed by atoms with Crippen molar-refractivity contribution in [2.45, 2.75) is 31.7 Å². The third-order valence-corrected chi connectivity index (χ3v) is 6.17. The maximum Gasteiger partial charge on any atom is 0.253 e. The maximum atomic E-state index is 13.1. The van der Waals surface area contributed by atoms with Crippen LogP contribution in [0.25, 0.3) is 0 Å². The molecule has 4 rings (SSSR count). The number of benzene rings is 1. The maximum absolute atomic E-state index is 13.1. The number of furan rings is 1. The highest BCUT2D eigenvalue weighted by Crippen LogP contribution is 2.25. The molecule has 0 spiro atoms. The molecule has 160 valence electrons. The van der Waals surface area contributed by atoms with Crippen molar-refractivity contribution in [1.29, 1.82) is 0 Å². The Hall–Kier alpha value is -2.67. The number of amides is 2. The summed E-state index contributed by atoms with van der Waals surface area (Å²) in [6, 6.07) is 9.51. The van der Waals surface area contributed by atoms with Gasteiger partial charge in [-0.1, -0.05) is 0 Å². The third kappa shape index (κ3) is 4.73. The van der Waals surface area contributed by atoms with Crippen LogP contribution in [-0.2, 0) is 4.79 Å². The summed E-state index contributed by atoms with van der Waals surface area (Å²) in [5.74, 6) is 0.360. The number of nitrogens with one attached hydrogen (secondary N) is 1. The van der Waals surface area contributed by atoms with E-state index in [0.29, 0.717) is 38.0 Å². The van der Waals surface area contributed by atoms with Gasteiger partial charge < -0.3 is 14.6 Å². The minimum absolute atomic E-state index is 0.0413. The number of likely N-dealkylation sites (tertiary alicyclic amines) is 2. The van der Waals surface area contributed by atoms with Gasteiger partial charge in [0.15, 0.2) is 0 Å². The number of hydrogen-bond acceptors (Lipinski definition) is 4. The molecule has 30 heavy (non-hydrogen) atoms. The van der Waals surface area contributed by atoms with Crippen molar-refractivity contribution in [2.75, 3.05) is 32.7 Å². The van der Waals surface area contributed by atoms with Crippen LogP contribution in [0.2, 0.25) is 0 Å². The average molecular weight is 413 g/mol. The predicted octanol–water partition coefficient (Wildman–Crippen LogP) is 3.22. The second-order valence-electron chi connectivity index (χ2n) is 8.09. The fourth-order valence-corrected chi connectivity index (χ4v) is 4.41. The molecule has 2 amide bonds. The van der Waals surface area contributed by atoms with Gasteiger partial charge in [0.05, 0.1) is 12.3 Å². The Balaban J connectivity index is 1.28. The lowest BCUT2D eigenvalue weighted by atomic mass is 9.95. The number of nitrogens with zero attached hydrogens (tertiary/aromatic N) is 2. The zero-order valence-electron chi connectivity index (χ0n) is 17.1. The van der Waals surface area contributed by atoms with E-state index >= 15 is 0 Å². The Kier molecular flexibility index (Phi) is 6.47. The number of halogens is 1. The summed E-state index contributed by atoms with van der Waals surface area (Å²) in [6.45, 7) is 3.63. The summed E-state index contributed by atoms with van der Waals surface area (Å²) in [5, 5.41) is 3.11. The van der Waals surface area contributed by atoms with Crippen LogP contribution in [0.15, 0.2) is 47.1 Å². The molecule has 0 aliphatic carbocycles. The van der Waals surface area contributed by atoms with E-state index in [9.17, 15) is 14.0 Å². The Morgan fingerprint density at radius 1 is 1.07 bits per heavy atom. The van der Waals surface area contributed by atoms with Crippen LogP contribution in [-0.4, -0.2) is 54.3 Å². The van der Waals surface area contributed by atoms with Crippen molar-refractivity contribution in [1.82, 2.24) is 15.1 Å². The molecule has 2 aliphatic rings. The van der Waals surface area contributed by atoms with Crippen molar-refractivity contribution >= 4 is 11.8 Å². The minimum atomic E-state index is -0.358. The molecule has 7 heteroatoms. The van der Waals surface area contributed by atoms with Crippen LogP contribution >= 0.6 is 0 Å². The highest BCUT2D eigenvalue weighted by molar-refractivity contribution is 5.94. The quantitative estimate of drug-likeness (QED) is 0.790. The van der Waals surface area contributed by atoms with Gasteiger partial charge in [-0.3, -0.25) is 14.5 Å². The van der Waals surface area contributed by atoms with E-state index in [1.807, 2.05) is 12.1 Å². The standard InChI is InChI=1S/C23H28FN3O3/c24-19-7-5-18(6-8-19)23(29)27-13-9-17(10-14-27)22(28)25-16-20(21-4-3-15-30-21)26-11-1-2-12-26/h3-8,15,17,20H,1-2,9-14,16H2,(H,25,28). The Bertz CT molecular complexity index is 839. The first-order chi connectivity index (χ1) is 14.6. The molecular formula is C23H28FN3O3. The van der Waals surface area contributed by atoms with Crippen molar-refractivity contribution in [2.24, 2.45) is 5.92 Å². The molecule has 1 aromatic heterocycles. The van der Waals surface area contributed by atoms with E-state index in [1.165, 1.54) is 37.1 Å². The molecule has 3 heterocycles. The SMILES string of the molecule is O=C(NCC(c1ccco1)N1CCCC1)C1CCN(C(=O)c2ccc(F)cc2)CC1. The topological polar surface area (TPSA) is 65.8 Å². The Labute approximate surface area is 176 Å². The van der Waals surface area contributed by atoms with Gasteiger partial charge >= 0.3 is 0 Å². The summed E-state index contributed by atoms with van der Waals surface area (Å²) in [6.07, 6.45) is 5.29. The molecule has 0 saturated carbocycles. The molecular weight excluding hydrogens is 385 g/mol. The third-order valence-electron chi connectivity index (χ3n) is 6.17. The van der Waals surface area contributed by atoms with Gasteiger partial charge in [0.25, 0.3) is 5.91 Å². The average Bonchev–Trinajstić information content (AvgIpc) is 3.49.